The molecule has 1 rings (SSSR count). The summed E-state index contributed by atoms with van der Waals surface area (Å²) in [4.78, 5) is 31.3. The normalized spacial score (nSPS) is 16.0. The molecule has 1 fully saturated rings. The molecule has 7 nitrogen and oxygen atoms in total. The first-order chi connectivity index (χ1) is 11.0. The summed E-state index contributed by atoms with van der Waals surface area (Å²) in [6, 6.07) is 0. The minimum Gasteiger partial charge on any atom is -0.359 e. The molecular formula is C16H29N5O2. The molecule has 0 radical (unpaired) electrons. The number of guanidine groups is 1. The molecule has 2 N–H and O–H groups in total. The number of nitrogens with zero attached hydrogens (tertiary/aromatic N) is 3. The van der Waals surface area contributed by atoms with E-state index in [1.807, 2.05) is 0 Å². The van der Waals surface area contributed by atoms with Crippen LogP contribution in [-0.2, 0) is 9.59 Å². The van der Waals surface area contributed by atoms with Gasteiger partial charge in [-0.25, -0.2) is 4.99 Å². The number of amides is 2. The summed E-state index contributed by atoms with van der Waals surface area (Å²) >= 11 is 0. The van der Waals surface area contributed by atoms with Crippen LogP contribution in [0.5, 0.6) is 0 Å². The molecule has 0 aliphatic carbocycles. The van der Waals surface area contributed by atoms with Crippen molar-refractivity contribution >= 4 is 17.8 Å². The Hall–Kier alpha value is -2.05. The summed E-state index contributed by atoms with van der Waals surface area (Å²) in [5.41, 5.74) is 0. The lowest BCUT2D eigenvalue weighted by molar-refractivity contribution is -0.127. The van der Waals surface area contributed by atoms with E-state index < -0.39 is 0 Å². The standard InChI is InChI=1S/C16H29N5O2/c1-5-8-18-16(19-12-15(23)20(3)4)21-9-6-13(7-10-21)11-14(22)17-2/h5,13H,1,6-12H2,2-4H3,(H,17,22)(H,18,19). The molecule has 1 aliphatic rings. The fraction of sp³-hybridized carbons (Fsp3) is 0.688. The summed E-state index contributed by atoms with van der Waals surface area (Å²) < 4.78 is 0. The van der Waals surface area contributed by atoms with Crippen LogP contribution in [0.1, 0.15) is 19.3 Å². The Morgan fingerprint density at radius 1 is 1.35 bits per heavy atom. The third-order valence-electron chi connectivity index (χ3n) is 3.93. The van der Waals surface area contributed by atoms with Crippen LogP contribution in [-0.4, -0.2) is 74.9 Å². The second-order valence-corrected chi connectivity index (χ2v) is 5.91. The SMILES string of the molecule is C=CCNC(=NCC(=O)N(C)C)N1CCC(CC(=O)NC)CC1. The van der Waals surface area contributed by atoms with E-state index in [1.54, 1.807) is 27.2 Å². The van der Waals surface area contributed by atoms with E-state index in [9.17, 15) is 9.59 Å². The van der Waals surface area contributed by atoms with Crippen molar-refractivity contribution in [3.63, 3.8) is 0 Å². The van der Waals surface area contributed by atoms with Crippen molar-refractivity contribution in [2.45, 2.75) is 19.3 Å². The number of piperidine rings is 1. The molecular weight excluding hydrogens is 294 g/mol. The van der Waals surface area contributed by atoms with Gasteiger partial charge in [0.1, 0.15) is 6.54 Å². The van der Waals surface area contributed by atoms with Gasteiger partial charge >= 0.3 is 0 Å². The maximum absolute atomic E-state index is 11.7. The molecule has 0 spiro atoms. The van der Waals surface area contributed by atoms with Gasteiger partial charge in [0.2, 0.25) is 11.8 Å². The molecule has 23 heavy (non-hydrogen) atoms. The second kappa shape index (κ2) is 9.86. The molecule has 1 saturated heterocycles. The predicted molar refractivity (Wildman–Crippen MR) is 92.2 cm³/mol. The van der Waals surface area contributed by atoms with Crippen LogP contribution in [0.4, 0.5) is 0 Å². The van der Waals surface area contributed by atoms with Crippen LogP contribution >= 0.6 is 0 Å². The number of nitrogens with one attached hydrogen (secondary N) is 2. The molecule has 1 heterocycles. The van der Waals surface area contributed by atoms with Gasteiger partial charge in [-0.3, -0.25) is 9.59 Å². The lowest BCUT2D eigenvalue weighted by Gasteiger charge is -2.34. The monoisotopic (exact) mass is 323 g/mol. The highest BCUT2D eigenvalue weighted by molar-refractivity contribution is 5.85. The van der Waals surface area contributed by atoms with Crippen LogP contribution in [0.15, 0.2) is 17.6 Å². The first-order valence-corrected chi connectivity index (χ1v) is 8.02. The van der Waals surface area contributed by atoms with Gasteiger partial charge in [0, 0.05) is 47.2 Å². The molecule has 130 valence electrons. The first kappa shape index (κ1) is 19.0. The number of likely N-dealkylation sites (tertiary alicyclic amines) is 1. The largest absolute Gasteiger partial charge is 0.359 e. The molecule has 1 aliphatic heterocycles. The van der Waals surface area contributed by atoms with Gasteiger partial charge in [-0.15, -0.1) is 6.58 Å². The third kappa shape index (κ3) is 6.71. The second-order valence-electron chi connectivity index (χ2n) is 5.91. The van der Waals surface area contributed by atoms with E-state index >= 15 is 0 Å². The maximum Gasteiger partial charge on any atom is 0.243 e. The highest BCUT2D eigenvalue weighted by Crippen LogP contribution is 2.20. The van der Waals surface area contributed by atoms with E-state index in [4.69, 9.17) is 0 Å². The first-order valence-electron chi connectivity index (χ1n) is 8.02. The van der Waals surface area contributed by atoms with Crippen molar-refractivity contribution < 1.29 is 9.59 Å². The topological polar surface area (TPSA) is 77.0 Å². The number of carbonyl (C=O) groups is 2. The predicted octanol–water partition coefficient (Wildman–Crippen LogP) is 0.0543. The summed E-state index contributed by atoms with van der Waals surface area (Å²) in [6.45, 7) is 6.10. The minimum absolute atomic E-state index is 0.0302. The number of aliphatic imine (C=N–C) groups is 1. The minimum atomic E-state index is -0.0302. The van der Waals surface area contributed by atoms with Crippen molar-refractivity contribution in [2.24, 2.45) is 10.9 Å². The van der Waals surface area contributed by atoms with Gasteiger partial charge in [-0.05, 0) is 18.8 Å². The zero-order chi connectivity index (χ0) is 17.2. The Morgan fingerprint density at radius 2 is 2.00 bits per heavy atom. The highest BCUT2D eigenvalue weighted by Gasteiger charge is 2.23. The van der Waals surface area contributed by atoms with Crippen molar-refractivity contribution in [3.05, 3.63) is 12.7 Å². The molecule has 0 aromatic heterocycles. The molecule has 0 saturated carbocycles. The number of rotatable bonds is 6. The average molecular weight is 323 g/mol. The molecule has 0 aromatic rings. The van der Waals surface area contributed by atoms with Gasteiger partial charge in [-0.2, -0.15) is 0 Å². The van der Waals surface area contributed by atoms with E-state index in [1.165, 1.54) is 4.90 Å². The summed E-state index contributed by atoms with van der Waals surface area (Å²) in [7, 11) is 5.11. The molecule has 0 unspecified atom stereocenters. The lowest BCUT2D eigenvalue weighted by Crippen LogP contribution is -2.46. The van der Waals surface area contributed by atoms with Crippen LogP contribution in [0, 0.1) is 5.92 Å². The Bertz CT molecular complexity index is 440. The number of hydrogen-bond acceptors (Lipinski definition) is 3. The Labute approximate surface area is 138 Å². The Kier molecular flexibility index (Phi) is 8.15. The van der Waals surface area contributed by atoms with Gasteiger partial charge in [0.05, 0.1) is 0 Å². The van der Waals surface area contributed by atoms with E-state index in [0.29, 0.717) is 18.9 Å². The van der Waals surface area contributed by atoms with Gasteiger partial charge in [-0.1, -0.05) is 6.08 Å². The lowest BCUT2D eigenvalue weighted by atomic mass is 9.93. The Balaban J connectivity index is 2.59. The van der Waals surface area contributed by atoms with Gasteiger partial charge in [0.15, 0.2) is 5.96 Å². The number of carbonyl (C=O) groups excluding carboxylic acids is 2. The van der Waals surface area contributed by atoms with Crippen molar-refractivity contribution in [2.75, 3.05) is 47.3 Å². The van der Waals surface area contributed by atoms with E-state index in [2.05, 4.69) is 27.1 Å². The van der Waals surface area contributed by atoms with Gasteiger partial charge < -0.3 is 20.4 Å². The van der Waals surface area contributed by atoms with Gasteiger partial charge in [0.25, 0.3) is 0 Å². The number of likely N-dealkylation sites (N-methyl/N-ethyl adjacent to an activating group) is 1. The number of hydrogen-bond donors (Lipinski definition) is 2. The molecule has 2 amide bonds. The van der Waals surface area contributed by atoms with E-state index in [0.717, 1.165) is 31.9 Å². The van der Waals surface area contributed by atoms with E-state index in [-0.39, 0.29) is 18.4 Å². The summed E-state index contributed by atoms with van der Waals surface area (Å²) in [5.74, 6) is 1.21. The Morgan fingerprint density at radius 3 is 2.52 bits per heavy atom. The van der Waals surface area contributed by atoms with Crippen LogP contribution in [0.2, 0.25) is 0 Å². The van der Waals surface area contributed by atoms with Crippen molar-refractivity contribution in [1.29, 1.82) is 0 Å². The summed E-state index contributed by atoms with van der Waals surface area (Å²) in [6.07, 6.45) is 4.24. The van der Waals surface area contributed by atoms with Crippen LogP contribution < -0.4 is 10.6 Å². The fourth-order valence-corrected chi connectivity index (χ4v) is 2.43. The molecule has 0 aromatic carbocycles. The zero-order valence-electron chi connectivity index (χ0n) is 14.5. The fourth-order valence-electron chi connectivity index (χ4n) is 2.43. The maximum atomic E-state index is 11.7. The van der Waals surface area contributed by atoms with Crippen molar-refractivity contribution in [3.8, 4) is 0 Å². The highest BCUT2D eigenvalue weighted by atomic mass is 16.2. The van der Waals surface area contributed by atoms with Crippen LogP contribution in [0.3, 0.4) is 0 Å². The van der Waals surface area contributed by atoms with Crippen molar-refractivity contribution in [1.82, 2.24) is 20.4 Å². The smallest absolute Gasteiger partial charge is 0.243 e. The zero-order valence-corrected chi connectivity index (χ0v) is 14.5. The molecule has 0 bridgehead atoms. The van der Waals surface area contributed by atoms with Crippen LogP contribution in [0.25, 0.3) is 0 Å². The summed E-state index contributed by atoms with van der Waals surface area (Å²) in [5, 5.41) is 5.88. The third-order valence-corrected chi connectivity index (χ3v) is 3.93. The molecule has 0 atom stereocenters. The average Bonchev–Trinajstić information content (AvgIpc) is 2.55. The molecule has 7 heteroatoms. The quantitative estimate of drug-likeness (QED) is 0.411.